The Morgan fingerprint density at radius 3 is 2.65 bits per heavy atom. The maximum absolute atomic E-state index is 12.7. The molecular formula is C12H20N2O2S. The van der Waals surface area contributed by atoms with E-state index in [9.17, 15) is 4.79 Å². The molecule has 2 rings (SSSR count). The Hall–Kier alpha value is -0.680. The smallest absolute Gasteiger partial charge is 0.236 e. The van der Waals surface area contributed by atoms with Gasteiger partial charge in [-0.25, -0.2) is 0 Å². The number of ether oxygens (including phenoxy) is 1. The van der Waals surface area contributed by atoms with Gasteiger partial charge in [0.25, 0.3) is 0 Å². The molecule has 1 saturated heterocycles. The minimum absolute atomic E-state index is 0.123. The summed E-state index contributed by atoms with van der Waals surface area (Å²) in [6.45, 7) is 3.90. The summed E-state index contributed by atoms with van der Waals surface area (Å²) in [5.74, 6) is 0.123. The lowest BCUT2D eigenvalue weighted by molar-refractivity contribution is -0.146. The van der Waals surface area contributed by atoms with Crippen LogP contribution < -0.4 is 5.73 Å². The van der Waals surface area contributed by atoms with Gasteiger partial charge in [0.05, 0.1) is 29.7 Å². The van der Waals surface area contributed by atoms with E-state index >= 15 is 0 Å². The fraction of sp³-hybridized carbons (Fsp3) is 0.833. The quantitative estimate of drug-likeness (QED) is 0.751. The number of amides is 1. The second kappa shape index (κ2) is 4.90. The fourth-order valence-electron chi connectivity index (χ4n) is 2.85. The Morgan fingerprint density at radius 1 is 1.47 bits per heavy atom. The van der Waals surface area contributed by atoms with Crippen LogP contribution in [0.25, 0.3) is 0 Å². The molecule has 1 unspecified atom stereocenters. The number of hydrogen-bond donors (Lipinski definition) is 1. The summed E-state index contributed by atoms with van der Waals surface area (Å²) in [6.07, 6.45) is 3.71. The number of morpholine rings is 1. The first-order valence-electron chi connectivity index (χ1n) is 6.27. The summed E-state index contributed by atoms with van der Waals surface area (Å²) in [6, 6.07) is 0.128. The zero-order valence-electron chi connectivity index (χ0n) is 10.3. The molecular weight excluding hydrogens is 236 g/mol. The monoisotopic (exact) mass is 256 g/mol. The maximum Gasteiger partial charge on any atom is 0.236 e. The van der Waals surface area contributed by atoms with Crippen molar-refractivity contribution in [3.8, 4) is 0 Å². The van der Waals surface area contributed by atoms with Gasteiger partial charge < -0.3 is 15.4 Å². The van der Waals surface area contributed by atoms with Crippen molar-refractivity contribution < 1.29 is 9.53 Å². The summed E-state index contributed by atoms with van der Waals surface area (Å²) in [7, 11) is 0. The molecule has 1 heterocycles. The van der Waals surface area contributed by atoms with E-state index in [2.05, 4.69) is 0 Å². The lowest BCUT2D eigenvalue weighted by Crippen LogP contribution is -2.55. The van der Waals surface area contributed by atoms with Crippen LogP contribution in [-0.2, 0) is 9.53 Å². The van der Waals surface area contributed by atoms with Crippen molar-refractivity contribution >= 4 is 23.1 Å². The molecule has 1 saturated carbocycles. The lowest BCUT2D eigenvalue weighted by Gasteiger charge is -2.39. The third-order valence-electron chi connectivity index (χ3n) is 3.97. The Kier molecular flexibility index (Phi) is 3.68. The third-order valence-corrected chi connectivity index (χ3v) is 4.36. The van der Waals surface area contributed by atoms with Crippen LogP contribution in [0.5, 0.6) is 0 Å². The van der Waals surface area contributed by atoms with Crippen molar-refractivity contribution in [2.24, 2.45) is 11.1 Å². The molecule has 1 amide bonds. The first-order valence-corrected chi connectivity index (χ1v) is 6.67. The summed E-state index contributed by atoms with van der Waals surface area (Å²) in [4.78, 5) is 14.9. The molecule has 96 valence electrons. The molecule has 0 aromatic heterocycles. The number of carbonyl (C=O) groups excluding carboxylic acids is 1. The molecule has 2 aliphatic rings. The average molecular weight is 256 g/mol. The van der Waals surface area contributed by atoms with Crippen molar-refractivity contribution in [1.82, 2.24) is 4.90 Å². The minimum atomic E-state index is -0.569. The van der Waals surface area contributed by atoms with E-state index in [1.54, 1.807) is 0 Å². The highest BCUT2D eigenvalue weighted by molar-refractivity contribution is 7.80. The number of hydrogen-bond acceptors (Lipinski definition) is 3. The topological polar surface area (TPSA) is 55.6 Å². The third kappa shape index (κ3) is 2.18. The van der Waals surface area contributed by atoms with Gasteiger partial charge in [-0.3, -0.25) is 4.79 Å². The Balaban J connectivity index is 2.19. The highest BCUT2D eigenvalue weighted by Gasteiger charge is 2.47. The Morgan fingerprint density at radius 2 is 2.12 bits per heavy atom. The van der Waals surface area contributed by atoms with Crippen LogP contribution in [0.3, 0.4) is 0 Å². The molecule has 5 heteroatoms. The molecule has 0 aromatic rings. The van der Waals surface area contributed by atoms with Gasteiger partial charge in [-0.15, -0.1) is 0 Å². The van der Waals surface area contributed by atoms with Crippen molar-refractivity contribution in [3.05, 3.63) is 0 Å². The number of nitrogens with zero attached hydrogens (tertiary/aromatic N) is 1. The van der Waals surface area contributed by atoms with E-state index in [4.69, 9.17) is 22.7 Å². The summed E-state index contributed by atoms with van der Waals surface area (Å²) in [5.41, 5.74) is 5.27. The van der Waals surface area contributed by atoms with Gasteiger partial charge >= 0.3 is 0 Å². The van der Waals surface area contributed by atoms with Crippen molar-refractivity contribution in [2.45, 2.75) is 38.6 Å². The van der Waals surface area contributed by atoms with Crippen LogP contribution in [0.1, 0.15) is 32.6 Å². The highest BCUT2D eigenvalue weighted by atomic mass is 32.1. The number of thiocarbonyl (C=S) groups is 1. The highest BCUT2D eigenvalue weighted by Crippen LogP contribution is 2.40. The normalized spacial score (nSPS) is 28.1. The van der Waals surface area contributed by atoms with Crippen LogP contribution in [0.2, 0.25) is 0 Å². The molecule has 2 fully saturated rings. The fourth-order valence-corrected chi connectivity index (χ4v) is 3.14. The SMILES string of the molecule is CC1COCCN1C(=O)C1(C(N)=S)CCCC1. The van der Waals surface area contributed by atoms with Gasteiger partial charge in [0, 0.05) is 6.54 Å². The maximum atomic E-state index is 12.7. The van der Waals surface area contributed by atoms with E-state index in [0.29, 0.717) is 24.7 Å². The molecule has 4 nitrogen and oxygen atoms in total. The standard InChI is InChI=1S/C12H20N2O2S/c1-9-8-16-7-6-14(9)11(15)12(10(13)17)4-2-3-5-12/h9H,2-8H2,1H3,(H2,13,17). The van der Waals surface area contributed by atoms with Gasteiger partial charge in [0.1, 0.15) is 0 Å². The molecule has 1 aliphatic heterocycles. The largest absolute Gasteiger partial charge is 0.392 e. The lowest BCUT2D eigenvalue weighted by atomic mass is 9.84. The molecule has 1 atom stereocenters. The first kappa shape index (κ1) is 12.8. The van der Waals surface area contributed by atoms with Gasteiger partial charge in [-0.1, -0.05) is 25.1 Å². The Labute approximate surface area is 107 Å². The number of carbonyl (C=O) groups is 1. The molecule has 0 spiro atoms. The van der Waals surface area contributed by atoms with Gasteiger partial charge in [-0.2, -0.15) is 0 Å². The van der Waals surface area contributed by atoms with Crippen molar-refractivity contribution in [1.29, 1.82) is 0 Å². The molecule has 2 N–H and O–H groups in total. The Bertz CT molecular complexity index is 326. The van der Waals surface area contributed by atoms with E-state index < -0.39 is 5.41 Å². The molecule has 1 aliphatic carbocycles. The van der Waals surface area contributed by atoms with Crippen LogP contribution in [-0.4, -0.2) is 41.6 Å². The summed E-state index contributed by atoms with van der Waals surface area (Å²) < 4.78 is 5.36. The van der Waals surface area contributed by atoms with E-state index in [1.807, 2.05) is 11.8 Å². The van der Waals surface area contributed by atoms with Crippen LogP contribution in [0.15, 0.2) is 0 Å². The second-order valence-corrected chi connectivity index (χ2v) is 5.52. The molecule has 0 aromatic carbocycles. The van der Waals surface area contributed by atoms with Crippen molar-refractivity contribution in [2.75, 3.05) is 19.8 Å². The molecule has 0 radical (unpaired) electrons. The van der Waals surface area contributed by atoms with E-state index in [0.717, 1.165) is 25.7 Å². The number of nitrogens with two attached hydrogens (primary N) is 1. The zero-order valence-corrected chi connectivity index (χ0v) is 11.1. The van der Waals surface area contributed by atoms with Crippen LogP contribution in [0, 0.1) is 5.41 Å². The number of rotatable bonds is 2. The second-order valence-electron chi connectivity index (χ2n) is 5.08. The average Bonchev–Trinajstić information content (AvgIpc) is 2.79. The van der Waals surface area contributed by atoms with Crippen molar-refractivity contribution in [3.63, 3.8) is 0 Å². The van der Waals surface area contributed by atoms with Gasteiger partial charge in [0.2, 0.25) is 5.91 Å². The first-order chi connectivity index (χ1) is 8.08. The minimum Gasteiger partial charge on any atom is -0.392 e. The predicted octanol–water partition coefficient (Wildman–Crippen LogP) is 1.08. The van der Waals surface area contributed by atoms with Gasteiger partial charge in [0.15, 0.2) is 0 Å². The zero-order chi connectivity index (χ0) is 12.5. The van der Waals surface area contributed by atoms with Crippen LogP contribution >= 0.6 is 12.2 Å². The summed E-state index contributed by atoms with van der Waals surface area (Å²) in [5, 5.41) is 0. The van der Waals surface area contributed by atoms with Crippen LogP contribution in [0.4, 0.5) is 0 Å². The van der Waals surface area contributed by atoms with Gasteiger partial charge in [-0.05, 0) is 19.8 Å². The molecule has 17 heavy (non-hydrogen) atoms. The predicted molar refractivity (Wildman–Crippen MR) is 69.7 cm³/mol. The van der Waals surface area contributed by atoms with E-state index in [1.165, 1.54) is 0 Å². The molecule has 0 bridgehead atoms. The van der Waals surface area contributed by atoms with E-state index in [-0.39, 0.29) is 11.9 Å². The summed E-state index contributed by atoms with van der Waals surface area (Å²) >= 11 is 5.15.